The lowest BCUT2D eigenvalue weighted by molar-refractivity contribution is -0.385. The van der Waals surface area contributed by atoms with E-state index in [1.807, 2.05) is 42.1 Å². The molecule has 1 aromatic carbocycles. The number of nitro groups is 1. The second kappa shape index (κ2) is 8.19. The number of rotatable bonds is 8. The Morgan fingerprint density at radius 1 is 1.24 bits per heavy atom. The van der Waals surface area contributed by atoms with Crippen LogP contribution < -0.4 is 5.32 Å². The molecule has 0 fully saturated rings. The maximum atomic E-state index is 10.9. The van der Waals surface area contributed by atoms with Gasteiger partial charge in [-0.25, -0.2) is 0 Å². The zero-order chi connectivity index (χ0) is 20.2. The Kier molecular flexibility index (Phi) is 5.29. The van der Waals surface area contributed by atoms with Crippen LogP contribution in [0.1, 0.15) is 30.0 Å². The Balaban J connectivity index is 1.45. The van der Waals surface area contributed by atoms with Gasteiger partial charge in [-0.15, -0.1) is 10.2 Å². The standard InChI is InChI=1S/C18H18N8O2S/c1-2-15(25-12-14(10-19-25)26(27)28)17-21-22-18(29-17)20-16-8-9-24(23-16)11-13-6-4-3-5-7-13/h3-10,12,15H,2,11H2,1H3,(H,20,22,23)/t15-/m0/s1. The summed E-state index contributed by atoms with van der Waals surface area (Å²) >= 11 is 1.37. The van der Waals surface area contributed by atoms with Gasteiger partial charge in [-0.05, 0) is 12.0 Å². The molecule has 0 saturated heterocycles. The van der Waals surface area contributed by atoms with Crippen molar-refractivity contribution in [1.29, 1.82) is 0 Å². The molecule has 4 aromatic rings. The summed E-state index contributed by atoms with van der Waals surface area (Å²) in [4.78, 5) is 10.4. The summed E-state index contributed by atoms with van der Waals surface area (Å²) < 4.78 is 3.40. The lowest BCUT2D eigenvalue weighted by atomic mass is 10.2. The molecule has 0 aliphatic heterocycles. The third-order valence-corrected chi connectivity index (χ3v) is 5.23. The van der Waals surface area contributed by atoms with Crippen molar-refractivity contribution < 1.29 is 4.92 Å². The molecule has 148 valence electrons. The Hall–Kier alpha value is -3.60. The molecule has 0 saturated carbocycles. The SMILES string of the molecule is CC[C@@H](c1nnc(Nc2ccn(Cc3ccccc3)n2)s1)n1cc([N+](=O)[O-])cn1. The molecule has 0 unspecified atom stereocenters. The van der Waals surface area contributed by atoms with Crippen LogP contribution in [-0.2, 0) is 6.54 Å². The average molecular weight is 410 g/mol. The molecule has 0 amide bonds. The molecule has 3 aromatic heterocycles. The Bertz CT molecular complexity index is 1100. The average Bonchev–Trinajstić information content (AvgIpc) is 3.46. The molecule has 10 nitrogen and oxygen atoms in total. The zero-order valence-electron chi connectivity index (χ0n) is 15.5. The van der Waals surface area contributed by atoms with E-state index in [1.165, 1.54) is 29.3 Å². The minimum atomic E-state index is -0.463. The fourth-order valence-electron chi connectivity index (χ4n) is 2.88. The highest BCUT2D eigenvalue weighted by molar-refractivity contribution is 7.15. The van der Waals surface area contributed by atoms with E-state index in [0.717, 1.165) is 5.01 Å². The summed E-state index contributed by atoms with van der Waals surface area (Å²) in [6.45, 7) is 2.65. The largest absolute Gasteiger partial charge is 0.313 e. The summed E-state index contributed by atoms with van der Waals surface area (Å²) in [7, 11) is 0. The topological polar surface area (TPSA) is 117 Å². The minimum Gasteiger partial charge on any atom is -0.313 e. The monoisotopic (exact) mass is 410 g/mol. The second-order valence-corrected chi connectivity index (χ2v) is 7.32. The lowest BCUT2D eigenvalue weighted by Gasteiger charge is -2.10. The maximum Gasteiger partial charge on any atom is 0.307 e. The summed E-state index contributed by atoms with van der Waals surface area (Å²) in [5.41, 5.74) is 1.12. The fourth-order valence-corrected chi connectivity index (χ4v) is 3.81. The smallest absolute Gasteiger partial charge is 0.307 e. The van der Waals surface area contributed by atoms with Crippen LogP contribution >= 0.6 is 11.3 Å². The van der Waals surface area contributed by atoms with Gasteiger partial charge >= 0.3 is 5.69 Å². The highest BCUT2D eigenvalue weighted by Crippen LogP contribution is 2.29. The normalized spacial score (nSPS) is 12.0. The first-order valence-electron chi connectivity index (χ1n) is 8.98. The Morgan fingerprint density at radius 2 is 2.07 bits per heavy atom. The summed E-state index contributed by atoms with van der Waals surface area (Å²) in [5, 5.41) is 32.4. The van der Waals surface area contributed by atoms with Crippen LogP contribution in [0.2, 0.25) is 0 Å². The molecule has 11 heteroatoms. The van der Waals surface area contributed by atoms with Crippen molar-refractivity contribution in [2.45, 2.75) is 25.9 Å². The van der Waals surface area contributed by atoms with E-state index in [9.17, 15) is 10.1 Å². The van der Waals surface area contributed by atoms with E-state index in [1.54, 1.807) is 4.68 Å². The Labute approximate surface area is 170 Å². The number of nitrogens with one attached hydrogen (secondary N) is 1. The van der Waals surface area contributed by atoms with Gasteiger partial charge in [0.1, 0.15) is 23.4 Å². The molecular formula is C18H18N8O2S. The van der Waals surface area contributed by atoms with E-state index in [0.29, 0.717) is 23.9 Å². The predicted octanol–water partition coefficient (Wildman–Crippen LogP) is 3.63. The van der Waals surface area contributed by atoms with E-state index in [4.69, 9.17) is 0 Å². The van der Waals surface area contributed by atoms with E-state index < -0.39 is 4.92 Å². The first-order chi connectivity index (χ1) is 14.1. The van der Waals surface area contributed by atoms with Gasteiger partial charge in [-0.1, -0.05) is 48.6 Å². The molecule has 0 aliphatic rings. The maximum absolute atomic E-state index is 10.9. The van der Waals surface area contributed by atoms with Crippen molar-refractivity contribution >= 4 is 28.0 Å². The molecule has 0 aliphatic carbocycles. The molecule has 1 atom stereocenters. The van der Waals surface area contributed by atoms with Crippen LogP contribution in [0, 0.1) is 10.1 Å². The predicted molar refractivity (Wildman–Crippen MR) is 108 cm³/mol. The van der Waals surface area contributed by atoms with Crippen LogP contribution in [0.3, 0.4) is 0 Å². The van der Waals surface area contributed by atoms with Gasteiger partial charge in [0.15, 0.2) is 5.82 Å². The van der Waals surface area contributed by atoms with Crippen molar-refractivity contribution in [3.8, 4) is 0 Å². The molecular weight excluding hydrogens is 392 g/mol. The molecule has 29 heavy (non-hydrogen) atoms. The number of hydrogen-bond donors (Lipinski definition) is 1. The molecule has 3 heterocycles. The van der Waals surface area contributed by atoms with Crippen molar-refractivity contribution in [3.05, 3.63) is 75.7 Å². The van der Waals surface area contributed by atoms with Gasteiger partial charge in [0.25, 0.3) is 0 Å². The van der Waals surface area contributed by atoms with Crippen LogP contribution in [0.15, 0.2) is 55.0 Å². The Morgan fingerprint density at radius 3 is 2.79 bits per heavy atom. The van der Waals surface area contributed by atoms with Gasteiger partial charge in [-0.2, -0.15) is 10.2 Å². The summed E-state index contributed by atoms with van der Waals surface area (Å²) in [6, 6.07) is 11.7. The van der Waals surface area contributed by atoms with Crippen LogP contribution in [0.4, 0.5) is 16.6 Å². The van der Waals surface area contributed by atoms with Crippen molar-refractivity contribution in [2.24, 2.45) is 0 Å². The zero-order valence-corrected chi connectivity index (χ0v) is 16.4. The van der Waals surface area contributed by atoms with E-state index in [2.05, 4.69) is 37.8 Å². The first kappa shape index (κ1) is 18.7. The highest BCUT2D eigenvalue weighted by atomic mass is 32.1. The van der Waals surface area contributed by atoms with Crippen molar-refractivity contribution in [3.63, 3.8) is 0 Å². The highest BCUT2D eigenvalue weighted by Gasteiger charge is 2.21. The van der Waals surface area contributed by atoms with E-state index in [-0.39, 0.29) is 11.7 Å². The third-order valence-electron chi connectivity index (χ3n) is 4.29. The molecule has 1 N–H and O–H groups in total. The number of nitrogens with zero attached hydrogens (tertiary/aromatic N) is 7. The minimum absolute atomic E-state index is 0.0460. The molecule has 0 bridgehead atoms. The number of aromatic nitrogens is 6. The molecule has 0 spiro atoms. The number of anilines is 2. The van der Waals surface area contributed by atoms with Gasteiger partial charge in [-0.3, -0.25) is 19.5 Å². The van der Waals surface area contributed by atoms with Crippen LogP contribution in [0.5, 0.6) is 0 Å². The van der Waals surface area contributed by atoms with Crippen LogP contribution in [-0.4, -0.2) is 34.7 Å². The molecule has 4 rings (SSSR count). The van der Waals surface area contributed by atoms with Crippen molar-refractivity contribution in [1.82, 2.24) is 29.8 Å². The third kappa shape index (κ3) is 4.29. The summed E-state index contributed by atoms with van der Waals surface area (Å²) in [6.07, 6.45) is 5.23. The number of benzene rings is 1. The van der Waals surface area contributed by atoms with Crippen molar-refractivity contribution in [2.75, 3.05) is 5.32 Å². The van der Waals surface area contributed by atoms with Gasteiger partial charge in [0, 0.05) is 12.3 Å². The lowest BCUT2D eigenvalue weighted by Crippen LogP contribution is -2.09. The van der Waals surface area contributed by atoms with Gasteiger partial charge < -0.3 is 5.32 Å². The van der Waals surface area contributed by atoms with Gasteiger partial charge in [0.05, 0.1) is 11.5 Å². The first-order valence-corrected chi connectivity index (χ1v) is 9.80. The summed E-state index contributed by atoms with van der Waals surface area (Å²) in [5.74, 6) is 0.673. The number of hydrogen-bond acceptors (Lipinski definition) is 8. The van der Waals surface area contributed by atoms with Crippen LogP contribution in [0.25, 0.3) is 0 Å². The second-order valence-electron chi connectivity index (χ2n) is 6.31. The molecule has 0 radical (unpaired) electrons. The quantitative estimate of drug-likeness (QED) is 0.348. The fraction of sp³-hybridized carbons (Fsp3) is 0.222. The van der Waals surface area contributed by atoms with Gasteiger partial charge in [0.2, 0.25) is 5.13 Å². The van der Waals surface area contributed by atoms with E-state index >= 15 is 0 Å².